The smallest absolute Gasteiger partial charge is 0.338 e. The minimum atomic E-state index is -1.28. The van der Waals surface area contributed by atoms with Crippen LogP contribution in [0.3, 0.4) is 0 Å². The van der Waals surface area contributed by atoms with E-state index in [4.69, 9.17) is 0 Å². The topological polar surface area (TPSA) is 52.6 Å². The van der Waals surface area contributed by atoms with E-state index in [0.717, 1.165) is 41.0 Å². The zero-order chi connectivity index (χ0) is 30.7. The molecule has 224 valence electrons. The molecule has 0 unspecified atom stereocenters. The van der Waals surface area contributed by atoms with Gasteiger partial charge in [-0.3, -0.25) is 0 Å². The Hall–Kier alpha value is -3.88. The van der Waals surface area contributed by atoms with Gasteiger partial charge in [0.25, 0.3) is 0 Å². The van der Waals surface area contributed by atoms with Crippen molar-refractivity contribution in [1.29, 1.82) is 0 Å². The number of nitrogens with one attached hydrogen (secondary N) is 1. The number of hydrogen-bond donors (Lipinski definition) is 2. The third kappa shape index (κ3) is 6.86. The lowest BCUT2D eigenvalue weighted by Crippen LogP contribution is -2.43. The highest BCUT2D eigenvalue weighted by molar-refractivity contribution is 5.90. The molecule has 0 amide bonds. The first kappa shape index (κ1) is 30.6. The monoisotopic (exact) mass is 578 g/mol. The molecule has 1 fully saturated rings. The van der Waals surface area contributed by atoms with E-state index in [1.807, 2.05) is 6.07 Å². The van der Waals surface area contributed by atoms with Crippen LogP contribution >= 0.6 is 0 Å². The molecule has 3 aromatic rings. The number of allylic oxidation sites excluding steroid dienone is 2. The van der Waals surface area contributed by atoms with E-state index < -0.39 is 11.8 Å². The first-order chi connectivity index (χ1) is 20.6. The Morgan fingerprint density at radius 2 is 1.77 bits per heavy atom. The van der Waals surface area contributed by atoms with Crippen LogP contribution in [0.15, 0.2) is 71.8 Å². The van der Waals surface area contributed by atoms with Crippen molar-refractivity contribution in [2.45, 2.75) is 72.3 Å². The number of anilines is 2. The predicted octanol–water partition coefficient (Wildman–Crippen LogP) is 8.90. The molecule has 1 saturated carbocycles. The molecule has 5 heteroatoms. The van der Waals surface area contributed by atoms with Gasteiger partial charge in [-0.1, -0.05) is 60.9 Å². The number of para-hydroxylation sites is 1. The third-order valence-electron chi connectivity index (χ3n) is 9.27. The average molecular weight is 579 g/mol. The summed E-state index contributed by atoms with van der Waals surface area (Å²) in [7, 11) is 2.07. The number of likely N-dealkylation sites (N-methyl/N-ethyl adjacent to an activating group) is 1. The molecule has 0 heterocycles. The second kappa shape index (κ2) is 12.8. The van der Waals surface area contributed by atoms with Crippen LogP contribution in [0.5, 0.6) is 0 Å². The quantitative estimate of drug-likeness (QED) is 0.197. The first-order valence-corrected chi connectivity index (χ1v) is 15.5. The number of hydrogen-bond acceptors (Lipinski definition) is 3. The third-order valence-corrected chi connectivity index (χ3v) is 9.27. The van der Waals surface area contributed by atoms with Crippen LogP contribution in [0.1, 0.15) is 80.8 Å². The summed E-state index contributed by atoms with van der Waals surface area (Å²) in [6.07, 6.45) is 7.37. The van der Waals surface area contributed by atoms with E-state index in [2.05, 4.69) is 93.2 Å². The van der Waals surface area contributed by atoms with Gasteiger partial charge in [0.2, 0.25) is 0 Å². The summed E-state index contributed by atoms with van der Waals surface area (Å²) in [4.78, 5) is 14.2. The minimum absolute atomic E-state index is 0.265. The molecule has 2 N–H and O–H groups in total. The number of aromatic carboxylic acids is 1. The van der Waals surface area contributed by atoms with E-state index in [9.17, 15) is 14.3 Å². The van der Waals surface area contributed by atoms with Crippen molar-refractivity contribution >= 4 is 17.3 Å². The zero-order valence-corrected chi connectivity index (χ0v) is 26.1. The van der Waals surface area contributed by atoms with Crippen molar-refractivity contribution in [3.63, 3.8) is 0 Å². The second-order valence-corrected chi connectivity index (χ2v) is 12.7. The highest BCUT2D eigenvalue weighted by Gasteiger charge is 2.31. The molecule has 0 bridgehead atoms. The van der Waals surface area contributed by atoms with Gasteiger partial charge in [0.05, 0.1) is 5.56 Å². The van der Waals surface area contributed by atoms with Crippen molar-refractivity contribution in [1.82, 2.24) is 5.32 Å². The van der Waals surface area contributed by atoms with E-state index in [1.54, 1.807) is 6.07 Å². The molecular formula is C38H43FN2O2. The number of rotatable bonds is 9. The summed E-state index contributed by atoms with van der Waals surface area (Å²) in [5.41, 5.74) is 7.63. The Morgan fingerprint density at radius 3 is 2.40 bits per heavy atom. The Bertz CT molecular complexity index is 1590. The molecule has 0 radical (unpaired) electrons. The second-order valence-electron chi connectivity index (χ2n) is 12.7. The summed E-state index contributed by atoms with van der Waals surface area (Å²) in [5, 5.41) is 13.3. The van der Waals surface area contributed by atoms with Crippen LogP contribution in [0.4, 0.5) is 15.8 Å². The van der Waals surface area contributed by atoms with Crippen LogP contribution in [0, 0.1) is 35.9 Å². The summed E-state index contributed by atoms with van der Waals surface area (Å²) < 4.78 is 14.4. The normalized spacial score (nSPS) is 16.0. The number of carboxylic acids is 1. The molecule has 3 aromatic carbocycles. The fraction of sp³-hybridized carbons (Fsp3) is 0.395. The summed E-state index contributed by atoms with van der Waals surface area (Å²) in [6.45, 7) is 9.36. The molecule has 43 heavy (non-hydrogen) atoms. The Labute approximate surface area is 256 Å². The number of carbonyl (C=O) groups is 1. The highest BCUT2D eigenvalue weighted by Crippen LogP contribution is 2.44. The maximum atomic E-state index is 14.4. The summed E-state index contributed by atoms with van der Waals surface area (Å²) in [5.74, 6) is 5.61. The van der Waals surface area contributed by atoms with Crippen LogP contribution in [0.25, 0.3) is 11.1 Å². The summed E-state index contributed by atoms with van der Waals surface area (Å²) in [6, 6.07) is 19.3. The average Bonchev–Trinajstić information content (AvgIpc) is 3.76. The van der Waals surface area contributed by atoms with Gasteiger partial charge in [0.1, 0.15) is 5.82 Å². The van der Waals surface area contributed by atoms with Crippen LogP contribution in [-0.2, 0) is 0 Å². The van der Waals surface area contributed by atoms with Gasteiger partial charge in [0, 0.05) is 34.9 Å². The Kier molecular flexibility index (Phi) is 9.08. The number of aryl methyl sites for hydroxylation is 1. The van der Waals surface area contributed by atoms with Crippen molar-refractivity contribution in [3.05, 3.63) is 94.3 Å². The van der Waals surface area contributed by atoms with Gasteiger partial charge in [-0.05, 0) is 119 Å². The van der Waals surface area contributed by atoms with Crippen molar-refractivity contribution in [2.24, 2.45) is 11.3 Å². The van der Waals surface area contributed by atoms with Gasteiger partial charge in [-0.25, -0.2) is 9.18 Å². The number of halogens is 1. The van der Waals surface area contributed by atoms with E-state index in [0.29, 0.717) is 17.5 Å². The zero-order valence-electron chi connectivity index (χ0n) is 26.1. The molecule has 2 aliphatic carbocycles. The van der Waals surface area contributed by atoms with Crippen LogP contribution in [-0.4, -0.2) is 30.7 Å². The molecule has 1 atom stereocenters. The highest BCUT2D eigenvalue weighted by atomic mass is 19.1. The standard InChI is InChI=1S/C38H43FN2O2/c1-25-21-33(25)38(3,4)19-18-29-23-36(26(2)20-31(29)28-16-17-34(39)32(22-28)37(42)43)41(30-14-10-7-11-15-30)24-35(40-5)27-12-8-6-9-13-27/h7,10-11,14-17,20,22-23,27,35,40H,6,8-9,12-13,21,24H2,1-5H3,(H,42,43)/t35-/m0/s1. The van der Waals surface area contributed by atoms with Gasteiger partial charge < -0.3 is 15.3 Å². The van der Waals surface area contributed by atoms with Crippen LogP contribution < -0.4 is 10.2 Å². The lowest BCUT2D eigenvalue weighted by atomic mass is 9.83. The number of benzene rings is 3. The van der Waals surface area contributed by atoms with Gasteiger partial charge in [-0.2, -0.15) is 0 Å². The van der Waals surface area contributed by atoms with Crippen molar-refractivity contribution in [3.8, 4) is 23.0 Å². The molecule has 0 aliphatic heterocycles. The molecule has 2 aliphatic rings. The lowest BCUT2D eigenvalue weighted by molar-refractivity contribution is 0.0692. The molecule has 0 spiro atoms. The SMILES string of the molecule is CN[C@@H](CN(c1ccccc1)c1cc(C#CC(C)(C)C2=C(C)C2)c(-c2ccc(F)c(C(=O)O)c2)cc1C)C1CCCCC1. The fourth-order valence-electron chi connectivity index (χ4n) is 6.62. The maximum Gasteiger partial charge on any atom is 0.338 e. The number of carboxylic acid groups (broad SMARTS) is 1. The van der Waals surface area contributed by atoms with Crippen LogP contribution in [0.2, 0.25) is 0 Å². The van der Waals surface area contributed by atoms with E-state index in [1.165, 1.54) is 55.4 Å². The fourth-order valence-corrected chi connectivity index (χ4v) is 6.62. The molecule has 0 saturated heterocycles. The Balaban J connectivity index is 1.65. The van der Waals surface area contributed by atoms with Crippen molar-refractivity contribution in [2.75, 3.05) is 18.5 Å². The van der Waals surface area contributed by atoms with Gasteiger partial charge >= 0.3 is 5.97 Å². The summed E-state index contributed by atoms with van der Waals surface area (Å²) >= 11 is 0. The molecule has 4 nitrogen and oxygen atoms in total. The van der Waals surface area contributed by atoms with E-state index >= 15 is 0 Å². The van der Waals surface area contributed by atoms with Crippen molar-refractivity contribution < 1.29 is 14.3 Å². The minimum Gasteiger partial charge on any atom is -0.478 e. The molecular weight excluding hydrogens is 535 g/mol. The lowest BCUT2D eigenvalue weighted by Gasteiger charge is -2.36. The van der Waals surface area contributed by atoms with Gasteiger partial charge in [0.15, 0.2) is 0 Å². The van der Waals surface area contributed by atoms with E-state index in [-0.39, 0.29) is 11.0 Å². The Morgan fingerprint density at radius 1 is 1.07 bits per heavy atom. The van der Waals surface area contributed by atoms with Gasteiger partial charge in [-0.15, -0.1) is 0 Å². The predicted molar refractivity (Wildman–Crippen MR) is 174 cm³/mol. The maximum absolute atomic E-state index is 14.4. The largest absolute Gasteiger partial charge is 0.478 e. The first-order valence-electron chi connectivity index (χ1n) is 15.5. The molecule has 5 rings (SSSR count). The molecule has 0 aromatic heterocycles. The number of nitrogens with zero attached hydrogens (tertiary/aromatic N) is 1.